The lowest BCUT2D eigenvalue weighted by atomic mass is 10.1. The van der Waals surface area contributed by atoms with Crippen molar-refractivity contribution in [2.24, 2.45) is 4.99 Å². The Morgan fingerprint density at radius 2 is 2.00 bits per heavy atom. The van der Waals surface area contributed by atoms with Crippen LogP contribution in [-0.4, -0.2) is 49.9 Å². The highest BCUT2D eigenvalue weighted by Crippen LogP contribution is 2.08. The zero-order valence-corrected chi connectivity index (χ0v) is 11.6. The highest BCUT2D eigenvalue weighted by molar-refractivity contribution is 5.97. The van der Waals surface area contributed by atoms with Crippen LogP contribution in [0, 0.1) is 0 Å². The maximum Gasteiger partial charge on any atom is 0.0603 e. The van der Waals surface area contributed by atoms with E-state index in [1.54, 1.807) is 0 Å². The van der Waals surface area contributed by atoms with E-state index in [1.165, 1.54) is 37.3 Å². The molecule has 2 rings (SSSR count). The molecular weight excluding hydrogens is 210 g/mol. The highest BCUT2D eigenvalue weighted by Gasteiger charge is 2.09. The van der Waals surface area contributed by atoms with Gasteiger partial charge in [0, 0.05) is 31.9 Å². The van der Waals surface area contributed by atoms with Gasteiger partial charge >= 0.3 is 0 Å². The molecule has 0 radical (unpaired) electrons. The minimum atomic E-state index is 0.933. The fourth-order valence-electron chi connectivity index (χ4n) is 2.17. The van der Waals surface area contributed by atoms with E-state index in [9.17, 15) is 0 Å². The Kier molecular flexibility index (Phi) is 7.13. The average Bonchev–Trinajstić information content (AvgIpc) is 2.79. The number of allylic oxidation sites excluding steroid dienone is 1. The zero-order valence-electron chi connectivity index (χ0n) is 11.6. The lowest BCUT2D eigenvalue weighted by Gasteiger charge is -2.26. The number of piperazine rings is 1. The average molecular weight is 237 g/mol. The third kappa shape index (κ3) is 5.46. The molecule has 98 valence electrons. The van der Waals surface area contributed by atoms with Gasteiger partial charge in [0.05, 0.1) is 6.54 Å². The number of nitrogens with one attached hydrogen (secondary N) is 1. The highest BCUT2D eigenvalue weighted by atomic mass is 15.2. The summed E-state index contributed by atoms with van der Waals surface area (Å²) in [5, 5.41) is 3.38. The molecular formula is C14H27N3. The number of nitrogens with zero attached hydrogens (tertiary/aromatic N) is 2. The fraction of sp³-hybridized carbons (Fsp3) is 0.786. The first-order valence-electron chi connectivity index (χ1n) is 6.98. The van der Waals surface area contributed by atoms with E-state index in [1.807, 2.05) is 13.8 Å². The van der Waals surface area contributed by atoms with Crippen LogP contribution in [0.25, 0.3) is 0 Å². The van der Waals surface area contributed by atoms with Gasteiger partial charge in [-0.15, -0.1) is 0 Å². The molecule has 0 unspecified atom stereocenters. The molecule has 2 aliphatic heterocycles. The van der Waals surface area contributed by atoms with Crippen molar-refractivity contribution >= 4 is 5.71 Å². The third-order valence-corrected chi connectivity index (χ3v) is 3.06. The topological polar surface area (TPSA) is 27.6 Å². The molecule has 1 saturated heterocycles. The van der Waals surface area contributed by atoms with E-state index >= 15 is 0 Å². The summed E-state index contributed by atoms with van der Waals surface area (Å²) in [5.74, 6) is 0. The molecule has 17 heavy (non-hydrogen) atoms. The minimum Gasteiger partial charge on any atom is -0.314 e. The predicted octanol–water partition coefficient (Wildman–Crippen LogP) is 2.10. The summed E-state index contributed by atoms with van der Waals surface area (Å²) in [5.41, 5.74) is 2.72. The summed E-state index contributed by atoms with van der Waals surface area (Å²) >= 11 is 0. The summed E-state index contributed by atoms with van der Waals surface area (Å²) in [4.78, 5) is 7.04. The van der Waals surface area contributed by atoms with E-state index < -0.39 is 0 Å². The van der Waals surface area contributed by atoms with Crippen LogP contribution in [-0.2, 0) is 0 Å². The first-order valence-corrected chi connectivity index (χ1v) is 6.98. The van der Waals surface area contributed by atoms with Crippen LogP contribution in [0.3, 0.4) is 0 Å². The Labute approximate surface area is 106 Å². The van der Waals surface area contributed by atoms with Gasteiger partial charge < -0.3 is 10.2 Å². The monoisotopic (exact) mass is 237 g/mol. The van der Waals surface area contributed by atoms with E-state index in [2.05, 4.69) is 28.2 Å². The lowest BCUT2D eigenvalue weighted by molar-refractivity contribution is 0.240. The molecule has 0 aromatic carbocycles. The minimum absolute atomic E-state index is 0.933. The van der Waals surface area contributed by atoms with Gasteiger partial charge in [-0.05, 0) is 32.4 Å². The fourth-order valence-corrected chi connectivity index (χ4v) is 2.17. The first kappa shape index (κ1) is 14.4. The van der Waals surface area contributed by atoms with Crippen molar-refractivity contribution in [2.45, 2.75) is 33.6 Å². The molecule has 0 bridgehead atoms. The van der Waals surface area contributed by atoms with Crippen LogP contribution < -0.4 is 5.32 Å². The van der Waals surface area contributed by atoms with Gasteiger partial charge in [0.1, 0.15) is 0 Å². The summed E-state index contributed by atoms with van der Waals surface area (Å²) in [7, 11) is 0. The van der Waals surface area contributed by atoms with Crippen LogP contribution in [0.15, 0.2) is 16.6 Å². The quantitative estimate of drug-likeness (QED) is 0.811. The maximum absolute atomic E-state index is 4.49. The second-order valence-corrected chi connectivity index (χ2v) is 4.49. The smallest absolute Gasteiger partial charge is 0.0603 e. The lowest BCUT2D eigenvalue weighted by Crippen LogP contribution is -2.43. The Hall–Kier alpha value is -0.670. The molecule has 0 spiro atoms. The van der Waals surface area contributed by atoms with Crippen molar-refractivity contribution in [3.05, 3.63) is 11.6 Å². The Bertz CT molecular complexity index is 263. The normalized spacial score (nSPS) is 20.4. The summed E-state index contributed by atoms with van der Waals surface area (Å²) in [6.07, 6.45) is 4.65. The Balaban J connectivity index is 0.000000686. The maximum atomic E-state index is 4.49. The van der Waals surface area contributed by atoms with Gasteiger partial charge in [-0.25, -0.2) is 0 Å². The third-order valence-electron chi connectivity index (χ3n) is 3.06. The molecule has 0 aliphatic carbocycles. The van der Waals surface area contributed by atoms with Crippen LogP contribution in [0.4, 0.5) is 0 Å². The van der Waals surface area contributed by atoms with Crippen molar-refractivity contribution in [2.75, 3.05) is 39.3 Å². The van der Waals surface area contributed by atoms with Crippen molar-refractivity contribution in [1.82, 2.24) is 10.2 Å². The van der Waals surface area contributed by atoms with Crippen LogP contribution >= 0.6 is 0 Å². The SMILES string of the molecule is CC.CC1=CC(CCCN2CCNCC2)=NC1. The number of aliphatic imine (C=N–C) groups is 1. The van der Waals surface area contributed by atoms with Gasteiger partial charge in [0.25, 0.3) is 0 Å². The van der Waals surface area contributed by atoms with Gasteiger partial charge in [0.2, 0.25) is 0 Å². The summed E-state index contributed by atoms with van der Waals surface area (Å²) in [6, 6.07) is 0. The summed E-state index contributed by atoms with van der Waals surface area (Å²) < 4.78 is 0. The summed E-state index contributed by atoms with van der Waals surface area (Å²) in [6.45, 7) is 13.0. The van der Waals surface area contributed by atoms with Crippen LogP contribution in [0.5, 0.6) is 0 Å². The van der Waals surface area contributed by atoms with Crippen molar-refractivity contribution < 1.29 is 0 Å². The second kappa shape index (κ2) is 8.43. The second-order valence-electron chi connectivity index (χ2n) is 4.49. The molecule has 0 saturated carbocycles. The molecule has 2 aliphatic rings. The molecule has 0 aromatic rings. The van der Waals surface area contributed by atoms with E-state index in [0.29, 0.717) is 0 Å². The standard InChI is InChI=1S/C12H21N3.C2H6/c1-11-9-12(14-10-11)3-2-6-15-7-4-13-5-8-15;1-2/h9,13H,2-8,10H2,1H3;1-2H3. The van der Waals surface area contributed by atoms with Crippen LogP contribution in [0.1, 0.15) is 33.6 Å². The molecule has 1 fully saturated rings. The van der Waals surface area contributed by atoms with Crippen molar-refractivity contribution in [3.8, 4) is 0 Å². The molecule has 1 N–H and O–H groups in total. The van der Waals surface area contributed by atoms with E-state index in [4.69, 9.17) is 0 Å². The number of hydrogen-bond donors (Lipinski definition) is 1. The van der Waals surface area contributed by atoms with Gasteiger partial charge in [-0.1, -0.05) is 19.4 Å². The molecule has 0 aromatic heterocycles. The first-order chi connectivity index (χ1) is 8.34. The van der Waals surface area contributed by atoms with Crippen molar-refractivity contribution in [3.63, 3.8) is 0 Å². The van der Waals surface area contributed by atoms with E-state index in [-0.39, 0.29) is 0 Å². The molecule has 3 heteroatoms. The number of rotatable bonds is 4. The van der Waals surface area contributed by atoms with Gasteiger partial charge in [-0.2, -0.15) is 0 Å². The Morgan fingerprint density at radius 1 is 1.29 bits per heavy atom. The molecule has 0 atom stereocenters. The number of hydrogen-bond acceptors (Lipinski definition) is 3. The molecule has 0 amide bonds. The molecule has 3 nitrogen and oxygen atoms in total. The zero-order chi connectivity index (χ0) is 12.5. The predicted molar refractivity (Wildman–Crippen MR) is 76.0 cm³/mol. The molecule has 2 heterocycles. The van der Waals surface area contributed by atoms with Crippen molar-refractivity contribution in [1.29, 1.82) is 0 Å². The van der Waals surface area contributed by atoms with Crippen LogP contribution in [0.2, 0.25) is 0 Å². The Morgan fingerprint density at radius 3 is 2.59 bits per heavy atom. The van der Waals surface area contributed by atoms with Gasteiger partial charge in [-0.3, -0.25) is 4.99 Å². The van der Waals surface area contributed by atoms with Gasteiger partial charge in [0.15, 0.2) is 0 Å². The largest absolute Gasteiger partial charge is 0.314 e. The van der Waals surface area contributed by atoms with E-state index in [0.717, 1.165) is 26.1 Å².